The molecule has 0 aliphatic carbocycles. The maximum Gasteiger partial charge on any atom is 0.106 e. The maximum absolute atomic E-state index is 5.83. The van der Waals surface area contributed by atoms with E-state index in [-0.39, 0.29) is 0 Å². The fourth-order valence-corrected chi connectivity index (χ4v) is 2.54. The molecule has 0 spiro atoms. The van der Waals surface area contributed by atoms with Crippen LogP contribution in [0.3, 0.4) is 0 Å². The molecule has 0 aliphatic heterocycles. The number of pyridine rings is 1. The Balaban J connectivity index is 2.34. The first-order chi connectivity index (χ1) is 9.49. The lowest BCUT2D eigenvalue weighted by molar-refractivity contribution is 0.872. The standard InChI is InChI=1S/C16H19N3S/c1-11-6-4-9-14(16(17)20)15(11)19(3)10-13-8-5-7-12(2)18-13/h4-9H,10H2,1-3H3,(H2,17,20). The molecule has 0 saturated heterocycles. The van der Waals surface area contributed by atoms with E-state index < -0.39 is 0 Å². The van der Waals surface area contributed by atoms with Crippen LogP contribution in [-0.2, 0) is 6.54 Å². The predicted octanol–water partition coefficient (Wildman–Crippen LogP) is 2.97. The van der Waals surface area contributed by atoms with E-state index >= 15 is 0 Å². The lowest BCUT2D eigenvalue weighted by Crippen LogP contribution is -2.23. The Morgan fingerprint density at radius 2 is 1.90 bits per heavy atom. The third kappa shape index (κ3) is 3.14. The number of nitrogens with zero attached hydrogens (tertiary/aromatic N) is 2. The van der Waals surface area contributed by atoms with Gasteiger partial charge in [0.25, 0.3) is 0 Å². The van der Waals surface area contributed by atoms with E-state index in [1.165, 1.54) is 0 Å². The van der Waals surface area contributed by atoms with Crippen LogP contribution in [0.25, 0.3) is 0 Å². The van der Waals surface area contributed by atoms with Crippen LogP contribution in [0.4, 0.5) is 5.69 Å². The molecule has 0 bridgehead atoms. The summed E-state index contributed by atoms with van der Waals surface area (Å²) < 4.78 is 0. The second-order valence-electron chi connectivity index (χ2n) is 4.96. The molecule has 0 unspecified atom stereocenters. The van der Waals surface area contributed by atoms with Crippen LogP contribution >= 0.6 is 12.2 Å². The number of benzene rings is 1. The minimum atomic E-state index is 0.424. The van der Waals surface area contributed by atoms with E-state index in [9.17, 15) is 0 Å². The number of para-hydroxylation sites is 1. The van der Waals surface area contributed by atoms with Crippen LogP contribution < -0.4 is 10.6 Å². The first kappa shape index (κ1) is 14.5. The van der Waals surface area contributed by atoms with Gasteiger partial charge in [-0.15, -0.1) is 0 Å². The molecule has 0 fully saturated rings. The van der Waals surface area contributed by atoms with Gasteiger partial charge in [-0.05, 0) is 37.6 Å². The quantitative estimate of drug-likeness (QED) is 0.877. The summed E-state index contributed by atoms with van der Waals surface area (Å²) in [5.74, 6) is 0. The van der Waals surface area contributed by atoms with Crippen molar-refractivity contribution >= 4 is 22.9 Å². The fourth-order valence-electron chi connectivity index (χ4n) is 2.37. The van der Waals surface area contributed by atoms with Crippen molar-refractivity contribution < 1.29 is 0 Å². The molecule has 4 heteroatoms. The second kappa shape index (κ2) is 6.01. The molecule has 0 saturated carbocycles. The number of nitrogens with two attached hydrogens (primary N) is 1. The SMILES string of the molecule is Cc1cccc(CN(C)c2c(C)cccc2C(N)=S)n1. The van der Waals surface area contributed by atoms with Gasteiger partial charge in [0.05, 0.1) is 12.2 Å². The zero-order chi connectivity index (χ0) is 14.7. The Labute approximate surface area is 125 Å². The van der Waals surface area contributed by atoms with Gasteiger partial charge in [-0.2, -0.15) is 0 Å². The Morgan fingerprint density at radius 1 is 1.20 bits per heavy atom. The average molecular weight is 285 g/mol. The number of aromatic nitrogens is 1. The number of hydrogen-bond donors (Lipinski definition) is 1. The van der Waals surface area contributed by atoms with Crippen LogP contribution in [0.15, 0.2) is 36.4 Å². The van der Waals surface area contributed by atoms with Crippen molar-refractivity contribution in [1.29, 1.82) is 0 Å². The highest BCUT2D eigenvalue weighted by Gasteiger charge is 2.13. The van der Waals surface area contributed by atoms with Crippen LogP contribution in [0, 0.1) is 13.8 Å². The van der Waals surface area contributed by atoms with Gasteiger partial charge in [0.2, 0.25) is 0 Å². The largest absolute Gasteiger partial charge is 0.389 e. The Kier molecular flexibility index (Phi) is 4.35. The molecule has 2 aromatic rings. The molecular formula is C16H19N3S. The second-order valence-corrected chi connectivity index (χ2v) is 5.40. The summed E-state index contributed by atoms with van der Waals surface area (Å²) in [6, 6.07) is 12.1. The monoisotopic (exact) mass is 285 g/mol. The molecule has 1 aromatic heterocycles. The Morgan fingerprint density at radius 3 is 2.55 bits per heavy atom. The van der Waals surface area contributed by atoms with Crippen molar-refractivity contribution in [1.82, 2.24) is 4.98 Å². The first-order valence-corrected chi connectivity index (χ1v) is 6.93. The highest BCUT2D eigenvalue weighted by atomic mass is 32.1. The van der Waals surface area contributed by atoms with E-state index in [4.69, 9.17) is 18.0 Å². The predicted molar refractivity (Wildman–Crippen MR) is 88.1 cm³/mol. The number of anilines is 1. The van der Waals surface area contributed by atoms with Crippen molar-refractivity contribution in [3.8, 4) is 0 Å². The molecule has 0 atom stereocenters. The highest BCUT2D eigenvalue weighted by Crippen LogP contribution is 2.25. The smallest absolute Gasteiger partial charge is 0.106 e. The number of rotatable bonds is 4. The van der Waals surface area contributed by atoms with Crippen molar-refractivity contribution in [2.75, 3.05) is 11.9 Å². The zero-order valence-electron chi connectivity index (χ0n) is 12.1. The first-order valence-electron chi connectivity index (χ1n) is 6.52. The van der Waals surface area contributed by atoms with Crippen LogP contribution in [-0.4, -0.2) is 17.0 Å². The molecule has 104 valence electrons. The molecule has 0 radical (unpaired) electrons. The van der Waals surface area contributed by atoms with Crippen molar-refractivity contribution in [3.05, 3.63) is 58.9 Å². The fraction of sp³-hybridized carbons (Fsp3) is 0.250. The van der Waals surface area contributed by atoms with Gasteiger partial charge in [0.15, 0.2) is 0 Å². The van der Waals surface area contributed by atoms with Crippen molar-refractivity contribution in [2.45, 2.75) is 20.4 Å². The summed E-state index contributed by atoms with van der Waals surface area (Å²) in [5.41, 5.74) is 11.0. The van der Waals surface area contributed by atoms with Gasteiger partial charge >= 0.3 is 0 Å². The number of aryl methyl sites for hydroxylation is 2. The Bertz CT molecular complexity index is 637. The van der Waals surface area contributed by atoms with Gasteiger partial charge in [0, 0.05) is 24.0 Å². The molecular weight excluding hydrogens is 266 g/mol. The molecule has 1 aromatic carbocycles. The summed E-state index contributed by atoms with van der Waals surface area (Å²) in [5, 5.41) is 0. The number of thiocarbonyl (C=S) groups is 1. The summed E-state index contributed by atoms with van der Waals surface area (Å²) >= 11 is 5.15. The molecule has 20 heavy (non-hydrogen) atoms. The van der Waals surface area contributed by atoms with Crippen molar-refractivity contribution in [3.63, 3.8) is 0 Å². The molecule has 1 heterocycles. The molecule has 0 aliphatic rings. The molecule has 0 amide bonds. The van der Waals surface area contributed by atoms with Crippen LogP contribution in [0.5, 0.6) is 0 Å². The lowest BCUT2D eigenvalue weighted by Gasteiger charge is -2.24. The third-order valence-corrected chi connectivity index (χ3v) is 3.45. The van der Waals surface area contributed by atoms with E-state index in [0.717, 1.165) is 34.7 Å². The van der Waals surface area contributed by atoms with E-state index in [2.05, 4.69) is 22.9 Å². The summed E-state index contributed by atoms with van der Waals surface area (Å²) in [7, 11) is 2.04. The van der Waals surface area contributed by atoms with Gasteiger partial charge in [-0.25, -0.2) is 0 Å². The van der Waals surface area contributed by atoms with Gasteiger partial charge in [-0.3, -0.25) is 4.98 Å². The van der Waals surface area contributed by atoms with Crippen molar-refractivity contribution in [2.24, 2.45) is 5.73 Å². The molecule has 2 N–H and O–H groups in total. The Hall–Kier alpha value is -1.94. The summed E-state index contributed by atoms with van der Waals surface area (Å²) in [6.07, 6.45) is 0. The number of hydrogen-bond acceptors (Lipinski definition) is 3. The molecule has 2 rings (SSSR count). The molecule has 3 nitrogen and oxygen atoms in total. The third-order valence-electron chi connectivity index (χ3n) is 3.23. The lowest BCUT2D eigenvalue weighted by atomic mass is 10.1. The van der Waals surface area contributed by atoms with Crippen LogP contribution in [0.1, 0.15) is 22.5 Å². The van der Waals surface area contributed by atoms with E-state index in [0.29, 0.717) is 4.99 Å². The minimum Gasteiger partial charge on any atom is -0.389 e. The van der Waals surface area contributed by atoms with Crippen LogP contribution in [0.2, 0.25) is 0 Å². The van der Waals surface area contributed by atoms with Gasteiger partial charge < -0.3 is 10.6 Å². The van der Waals surface area contributed by atoms with E-state index in [1.54, 1.807) is 0 Å². The summed E-state index contributed by atoms with van der Waals surface area (Å²) in [6.45, 7) is 4.79. The summed E-state index contributed by atoms with van der Waals surface area (Å²) in [4.78, 5) is 7.11. The zero-order valence-corrected chi connectivity index (χ0v) is 12.9. The van der Waals surface area contributed by atoms with Gasteiger partial charge in [0.1, 0.15) is 4.99 Å². The minimum absolute atomic E-state index is 0.424. The average Bonchev–Trinajstić information content (AvgIpc) is 2.38. The van der Waals surface area contributed by atoms with Gasteiger partial charge in [-0.1, -0.05) is 30.4 Å². The topological polar surface area (TPSA) is 42.1 Å². The van der Waals surface area contributed by atoms with E-state index in [1.807, 2.05) is 44.3 Å². The normalized spacial score (nSPS) is 10.3. The maximum atomic E-state index is 5.83. The highest BCUT2D eigenvalue weighted by molar-refractivity contribution is 7.80.